The number of ether oxygens (including phenoxy) is 1. The standard InChI is InChI=1S/C16H15BrO4/c1-10(18)21-16(13-4-2-3-5-14(13)19)15(20)11-6-8-12(17)9-7-11/h4,6-9,16H,2-3,5H2,1H3. The van der Waals surface area contributed by atoms with E-state index in [9.17, 15) is 14.4 Å². The number of allylic oxidation sites excluding steroid dienone is 1. The number of hydrogen-bond donors (Lipinski definition) is 0. The number of Topliss-reactive ketones (excluding diaryl/α,β-unsaturated/α-hetero) is 2. The van der Waals surface area contributed by atoms with Crippen LogP contribution in [-0.4, -0.2) is 23.6 Å². The number of carbonyl (C=O) groups is 3. The summed E-state index contributed by atoms with van der Waals surface area (Å²) < 4.78 is 5.96. The summed E-state index contributed by atoms with van der Waals surface area (Å²) >= 11 is 3.30. The number of carbonyl (C=O) groups excluding carboxylic acids is 3. The lowest BCUT2D eigenvalue weighted by molar-refractivity contribution is -0.143. The maximum Gasteiger partial charge on any atom is 0.303 e. The first-order chi connectivity index (χ1) is 9.99. The topological polar surface area (TPSA) is 60.4 Å². The number of esters is 1. The lowest BCUT2D eigenvalue weighted by atomic mass is 9.90. The van der Waals surface area contributed by atoms with Crippen LogP contribution in [0.5, 0.6) is 0 Å². The molecule has 0 aliphatic heterocycles. The molecule has 1 aliphatic carbocycles. The van der Waals surface area contributed by atoms with Gasteiger partial charge in [0.2, 0.25) is 5.78 Å². The first kappa shape index (κ1) is 15.6. The molecular weight excluding hydrogens is 336 g/mol. The van der Waals surface area contributed by atoms with E-state index in [4.69, 9.17) is 4.74 Å². The van der Waals surface area contributed by atoms with Crippen molar-refractivity contribution in [2.75, 3.05) is 0 Å². The molecule has 0 N–H and O–H groups in total. The molecule has 0 aromatic heterocycles. The molecule has 1 aromatic rings. The molecule has 0 bridgehead atoms. The van der Waals surface area contributed by atoms with E-state index in [1.54, 1.807) is 30.3 Å². The Labute approximate surface area is 131 Å². The van der Waals surface area contributed by atoms with Gasteiger partial charge in [0, 0.05) is 29.0 Å². The molecule has 0 saturated carbocycles. The zero-order chi connectivity index (χ0) is 15.4. The number of benzene rings is 1. The summed E-state index contributed by atoms with van der Waals surface area (Å²) in [6, 6.07) is 6.73. The van der Waals surface area contributed by atoms with E-state index >= 15 is 0 Å². The summed E-state index contributed by atoms with van der Waals surface area (Å²) in [6.45, 7) is 1.23. The Morgan fingerprint density at radius 1 is 1.24 bits per heavy atom. The molecular formula is C16H15BrO4. The Bertz CT molecular complexity index is 601. The molecule has 1 aromatic carbocycles. The van der Waals surface area contributed by atoms with Gasteiger partial charge >= 0.3 is 5.97 Å². The van der Waals surface area contributed by atoms with Crippen molar-refractivity contribution in [2.24, 2.45) is 0 Å². The summed E-state index contributed by atoms with van der Waals surface area (Å²) in [5.41, 5.74) is 0.702. The Morgan fingerprint density at radius 2 is 1.90 bits per heavy atom. The molecule has 0 fully saturated rings. The van der Waals surface area contributed by atoms with Crippen LogP contribution >= 0.6 is 15.9 Å². The van der Waals surface area contributed by atoms with Crippen molar-refractivity contribution >= 4 is 33.5 Å². The minimum atomic E-state index is -1.14. The molecule has 1 aliphatic rings. The van der Waals surface area contributed by atoms with E-state index in [0.717, 1.165) is 10.9 Å². The molecule has 1 unspecified atom stereocenters. The van der Waals surface area contributed by atoms with Gasteiger partial charge in [-0.05, 0) is 25.0 Å². The molecule has 21 heavy (non-hydrogen) atoms. The van der Waals surface area contributed by atoms with Gasteiger partial charge in [0.05, 0.1) is 0 Å². The molecule has 5 heteroatoms. The van der Waals surface area contributed by atoms with Crippen LogP contribution in [0.2, 0.25) is 0 Å². The minimum absolute atomic E-state index is 0.127. The van der Waals surface area contributed by atoms with Crippen molar-refractivity contribution in [1.82, 2.24) is 0 Å². The molecule has 2 rings (SSSR count). The van der Waals surface area contributed by atoms with Crippen molar-refractivity contribution in [1.29, 1.82) is 0 Å². The van der Waals surface area contributed by atoms with E-state index in [1.807, 2.05) is 0 Å². The van der Waals surface area contributed by atoms with Crippen LogP contribution in [0.25, 0.3) is 0 Å². The lowest BCUT2D eigenvalue weighted by Gasteiger charge is -2.21. The van der Waals surface area contributed by atoms with Gasteiger partial charge in [0.15, 0.2) is 11.9 Å². The largest absolute Gasteiger partial charge is 0.449 e. The van der Waals surface area contributed by atoms with Crippen LogP contribution in [0, 0.1) is 0 Å². The van der Waals surface area contributed by atoms with Crippen molar-refractivity contribution in [3.05, 3.63) is 46.0 Å². The zero-order valence-corrected chi connectivity index (χ0v) is 13.2. The Hall–Kier alpha value is -1.75. The molecule has 0 heterocycles. The van der Waals surface area contributed by atoms with E-state index in [2.05, 4.69) is 15.9 Å². The van der Waals surface area contributed by atoms with Crippen LogP contribution < -0.4 is 0 Å². The number of rotatable bonds is 4. The number of halogens is 1. The average Bonchev–Trinajstić information content (AvgIpc) is 2.45. The third kappa shape index (κ3) is 3.88. The van der Waals surface area contributed by atoms with E-state index in [-0.39, 0.29) is 11.6 Å². The maximum absolute atomic E-state index is 12.6. The second-order valence-electron chi connectivity index (χ2n) is 4.84. The van der Waals surface area contributed by atoms with E-state index in [0.29, 0.717) is 24.0 Å². The van der Waals surface area contributed by atoms with Gasteiger partial charge in [-0.3, -0.25) is 14.4 Å². The second-order valence-corrected chi connectivity index (χ2v) is 5.75. The highest BCUT2D eigenvalue weighted by molar-refractivity contribution is 9.10. The van der Waals surface area contributed by atoms with E-state index in [1.165, 1.54) is 6.92 Å². The molecule has 0 amide bonds. The zero-order valence-electron chi connectivity index (χ0n) is 11.6. The fraction of sp³-hybridized carbons (Fsp3) is 0.312. The minimum Gasteiger partial charge on any atom is -0.449 e. The third-order valence-corrected chi connectivity index (χ3v) is 3.76. The predicted molar refractivity (Wildman–Crippen MR) is 81.0 cm³/mol. The monoisotopic (exact) mass is 350 g/mol. The van der Waals surface area contributed by atoms with Gasteiger partial charge in [0.1, 0.15) is 0 Å². The van der Waals surface area contributed by atoms with Gasteiger partial charge in [-0.1, -0.05) is 34.1 Å². The maximum atomic E-state index is 12.6. The molecule has 1 atom stereocenters. The fourth-order valence-electron chi connectivity index (χ4n) is 2.22. The quantitative estimate of drug-likeness (QED) is 0.617. The highest BCUT2D eigenvalue weighted by atomic mass is 79.9. The van der Waals surface area contributed by atoms with Gasteiger partial charge in [0.25, 0.3) is 0 Å². The smallest absolute Gasteiger partial charge is 0.303 e. The SMILES string of the molecule is CC(=O)OC(C(=O)c1ccc(Br)cc1)C1=CCCCC1=O. The lowest BCUT2D eigenvalue weighted by Crippen LogP contribution is -2.33. The molecule has 0 radical (unpaired) electrons. The first-order valence-corrected chi connectivity index (χ1v) is 7.48. The van der Waals surface area contributed by atoms with E-state index < -0.39 is 12.1 Å². The summed E-state index contributed by atoms with van der Waals surface area (Å²) in [5.74, 6) is -1.08. The summed E-state index contributed by atoms with van der Waals surface area (Å²) in [7, 11) is 0. The van der Waals surface area contributed by atoms with Crippen molar-refractivity contribution < 1.29 is 19.1 Å². The molecule has 110 valence electrons. The summed E-state index contributed by atoms with van der Waals surface area (Å²) in [4.78, 5) is 35.8. The molecule has 0 saturated heterocycles. The highest BCUT2D eigenvalue weighted by Crippen LogP contribution is 2.23. The first-order valence-electron chi connectivity index (χ1n) is 6.69. The Morgan fingerprint density at radius 3 is 2.48 bits per heavy atom. The van der Waals surface area contributed by atoms with Crippen LogP contribution in [0.4, 0.5) is 0 Å². The van der Waals surface area contributed by atoms with Crippen LogP contribution in [0.15, 0.2) is 40.4 Å². The van der Waals surface area contributed by atoms with Gasteiger partial charge in [-0.2, -0.15) is 0 Å². The normalized spacial score (nSPS) is 16.1. The van der Waals surface area contributed by atoms with Crippen molar-refractivity contribution in [2.45, 2.75) is 32.3 Å². The summed E-state index contributed by atoms with van der Waals surface area (Å²) in [6.07, 6.45) is 2.43. The summed E-state index contributed by atoms with van der Waals surface area (Å²) in [5, 5.41) is 0. The number of hydrogen-bond acceptors (Lipinski definition) is 4. The van der Waals surface area contributed by atoms with Gasteiger partial charge in [-0.25, -0.2) is 0 Å². The van der Waals surface area contributed by atoms with Crippen LogP contribution in [0.3, 0.4) is 0 Å². The average molecular weight is 351 g/mol. The van der Waals surface area contributed by atoms with Gasteiger partial charge in [-0.15, -0.1) is 0 Å². The van der Waals surface area contributed by atoms with Crippen LogP contribution in [0.1, 0.15) is 36.5 Å². The molecule has 4 nitrogen and oxygen atoms in total. The Balaban J connectivity index is 2.33. The van der Waals surface area contributed by atoms with Crippen molar-refractivity contribution in [3.63, 3.8) is 0 Å². The highest BCUT2D eigenvalue weighted by Gasteiger charge is 2.32. The van der Waals surface area contributed by atoms with Crippen LogP contribution in [-0.2, 0) is 14.3 Å². The number of ketones is 2. The van der Waals surface area contributed by atoms with Gasteiger partial charge < -0.3 is 4.74 Å². The fourth-order valence-corrected chi connectivity index (χ4v) is 2.49. The van der Waals surface area contributed by atoms with Crippen molar-refractivity contribution in [3.8, 4) is 0 Å². The third-order valence-electron chi connectivity index (χ3n) is 3.23. The Kier molecular flexibility index (Phi) is 5.07. The predicted octanol–water partition coefficient (Wildman–Crippen LogP) is 3.24. The molecule has 0 spiro atoms. The second kappa shape index (κ2) is 6.80.